The summed E-state index contributed by atoms with van der Waals surface area (Å²) in [7, 11) is 0. The average molecular weight is 369 g/mol. The van der Waals surface area contributed by atoms with E-state index in [1.807, 2.05) is 36.7 Å². The van der Waals surface area contributed by atoms with Crippen LogP contribution in [0.3, 0.4) is 0 Å². The molecule has 0 unspecified atom stereocenters. The number of nitrogens with zero attached hydrogens (tertiary/aromatic N) is 2. The topological polar surface area (TPSA) is 24.7 Å². The van der Waals surface area contributed by atoms with Crippen LogP contribution in [0.1, 0.15) is 61.8 Å². The van der Waals surface area contributed by atoms with Crippen molar-refractivity contribution in [3.05, 3.63) is 95.1 Å². The van der Waals surface area contributed by atoms with Crippen LogP contribution in [0.25, 0.3) is 0 Å². The Balaban J connectivity index is 1.74. The van der Waals surface area contributed by atoms with Crippen molar-refractivity contribution in [1.82, 2.24) is 0 Å². The Morgan fingerprint density at radius 3 is 1.25 bits per heavy atom. The molecule has 0 spiro atoms. The molecule has 0 fully saturated rings. The minimum atomic E-state index is 0.480. The second-order valence-electron chi connectivity index (χ2n) is 7.60. The van der Waals surface area contributed by atoms with Crippen molar-refractivity contribution >= 4 is 23.8 Å². The van der Waals surface area contributed by atoms with Crippen molar-refractivity contribution in [3.8, 4) is 0 Å². The molecule has 142 valence electrons. The zero-order valence-corrected chi connectivity index (χ0v) is 17.1. The van der Waals surface area contributed by atoms with E-state index in [-0.39, 0.29) is 0 Å². The highest BCUT2D eigenvalue weighted by atomic mass is 14.7. The van der Waals surface area contributed by atoms with E-state index >= 15 is 0 Å². The first-order valence-electron chi connectivity index (χ1n) is 9.90. The molecular formula is C26H28N2. The first-order valence-corrected chi connectivity index (χ1v) is 9.90. The summed E-state index contributed by atoms with van der Waals surface area (Å²) in [6.45, 7) is 8.82. The largest absolute Gasteiger partial charge is 0.256 e. The lowest BCUT2D eigenvalue weighted by Gasteiger charge is -2.08. The molecule has 0 heterocycles. The SMILES string of the molecule is CC(C)c1ccccc1/C=N/c1ccc(/N=C/c2ccccc2C(C)C)cc1. The summed E-state index contributed by atoms with van der Waals surface area (Å²) in [5, 5.41) is 0. The van der Waals surface area contributed by atoms with Gasteiger partial charge in [-0.15, -0.1) is 0 Å². The van der Waals surface area contributed by atoms with Gasteiger partial charge in [0.2, 0.25) is 0 Å². The zero-order valence-electron chi connectivity index (χ0n) is 17.1. The van der Waals surface area contributed by atoms with Crippen LogP contribution >= 0.6 is 0 Å². The zero-order chi connectivity index (χ0) is 19.9. The summed E-state index contributed by atoms with van der Waals surface area (Å²) < 4.78 is 0. The lowest BCUT2D eigenvalue weighted by atomic mass is 9.98. The molecule has 3 aromatic rings. The highest BCUT2D eigenvalue weighted by Crippen LogP contribution is 2.22. The van der Waals surface area contributed by atoms with Gasteiger partial charge in [0, 0.05) is 12.4 Å². The molecule has 0 saturated heterocycles. The van der Waals surface area contributed by atoms with Crippen molar-refractivity contribution in [1.29, 1.82) is 0 Å². The number of hydrogen-bond acceptors (Lipinski definition) is 2. The molecule has 0 amide bonds. The standard InChI is InChI=1S/C26H28N2/c1-19(2)25-11-7-5-9-21(25)17-27-23-13-15-24(16-14-23)28-18-22-10-6-8-12-26(22)20(3)4/h5-20H,1-4H3/b27-17+,28-18+. The van der Waals surface area contributed by atoms with Crippen LogP contribution in [0.15, 0.2) is 82.8 Å². The molecule has 2 heteroatoms. The molecule has 2 nitrogen and oxygen atoms in total. The Morgan fingerprint density at radius 1 is 0.536 bits per heavy atom. The summed E-state index contributed by atoms with van der Waals surface area (Å²) in [5.41, 5.74) is 6.84. The minimum absolute atomic E-state index is 0.480. The van der Waals surface area contributed by atoms with Crippen molar-refractivity contribution < 1.29 is 0 Å². The molecule has 0 radical (unpaired) electrons. The van der Waals surface area contributed by atoms with Crippen molar-refractivity contribution in [2.75, 3.05) is 0 Å². The molecular weight excluding hydrogens is 340 g/mol. The van der Waals surface area contributed by atoms with E-state index < -0.39 is 0 Å². The summed E-state index contributed by atoms with van der Waals surface area (Å²) in [6, 6.07) is 24.9. The molecule has 3 rings (SSSR count). The Morgan fingerprint density at radius 2 is 0.893 bits per heavy atom. The second-order valence-corrected chi connectivity index (χ2v) is 7.60. The molecule has 3 aromatic carbocycles. The van der Waals surface area contributed by atoms with E-state index in [0.717, 1.165) is 11.4 Å². The van der Waals surface area contributed by atoms with Crippen molar-refractivity contribution in [3.63, 3.8) is 0 Å². The third kappa shape index (κ3) is 5.04. The smallest absolute Gasteiger partial charge is 0.0631 e. The third-order valence-corrected chi connectivity index (χ3v) is 4.79. The van der Waals surface area contributed by atoms with E-state index in [0.29, 0.717) is 11.8 Å². The van der Waals surface area contributed by atoms with Crippen molar-refractivity contribution in [2.24, 2.45) is 9.98 Å². The van der Waals surface area contributed by atoms with E-state index in [1.54, 1.807) is 0 Å². The van der Waals surface area contributed by atoms with E-state index in [1.165, 1.54) is 22.3 Å². The number of hydrogen-bond donors (Lipinski definition) is 0. The van der Waals surface area contributed by atoms with Gasteiger partial charge < -0.3 is 0 Å². The van der Waals surface area contributed by atoms with Gasteiger partial charge in [0.05, 0.1) is 11.4 Å². The molecule has 0 atom stereocenters. The van der Waals surface area contributed by atoms with E-state index in [2.05, 4.69) is 86.2 Å². The van der Waals surface area contributed by atoms with Crippen molar-refractivity contribution in [2.45, 2.75) is 39.5 Å². The summed E-state index contributed by atoms with van der Waals surface area (Å²) in [6.07, 6.45) is 3.90. The van der Waals surface area contributed by atoms with Gasteiger partial charge in [-0.25, -0.2) is 0 Å². The first kappa shape index (κ1) is 19.8. The maximum absolute atomic E-state index is 4.64. The molecule has 0 aliphatic heterocycles. The van der Waals surface area contributed by atoms with E-state index in [4.69, 9.17) is 0 Å². The van der Waals surface area contributed by atoms with Crippen LogP contribution in [0, 0.1) is 0 Å². The van der Waals surface area contributed by atoms with Gasteiger partial charge in [0.25, 0.3) is 0 Å². The lowest BCUT2D eigenvalue weighted by molar-refractivity contribution is 0.865. The Bertz CT molecular complexity index is 883. The van der Waals surface area contributed by atoms with Gasteiger partial charge in [-0.3, -0.25) is 9.98 Å². The number of benzene rings is 3. The van der Waals surface area contributed by atoms with Crippen LogP contribution in [0.4, 0.5) is 11.4 Å². The highest BCUT2D eigenvalue weighted by molar-refractivity contribution is 5.85. The average Bonchev–Trinajstić information content (AvgIpc) is 2.71. The summed E-state index contributed by atoms with van der Waals surface area (Å²) >= 11 is 0. The van der Waals surface area contributed by atoms with Crippen LogP contribution in [0.5, 0.6) is 0 Å². The van der Waals surface area contributed by atoms with Crippen LogP contribution in [0.2, 0.25) is 0 Å². The van der Waals surface area contributed by atoms with Gasteiger partial charge >= 0.3 is 0 Å². The molecule has 28 heavy (non-hydrogen) atoms. The fourth-order valence-corrected chi connectivity index (χ4v) is 3.22. The van der Waals surface area contributed by atoms with Gasteiger partial charge in [0.15, 0.2) is 0 Å². The minimum Gasteiger partial charge on any atom is -0.256 e. The van der Waals surface area contributed by atoms with Gasteiger partial charge in [-0.1, -0.05) is 76.2 Å². The van der Waals surface area contributed by atoms with Gasteiger partial charge in [-0.2, -0.15) is 0 Å². The Labute approximate surface area is 168 Å². The lowest BCUT2D eigenvalue weighted by Crippen LogP contribution is -1.94. The molecule has 0 N–H and O–H groups in total. The first-order chi connectivity index (χ1) is 13.5. The molecule has 0 saturated carbocycles. The third-order valence-electron chi connectivity index (χ3n) is 4.79. The fraction of sp³-hybridized carbons (Fsp3) is 0.231. The second kappa shape index (κ2) is 9.27. The quantitative estimate of drug-likeness (QED) is 0.404. The summed E-state index contributed by atoms with van der Waals surface area (Å²) in [5.74, 6) is 0.959. The van der Waals surface area contributed by atoms with Crippen LogP contribution < -0.4 is 0 Å². The fourth-order valence-electron chi connectivity index (χ4n) is 3.22. The van der Waals surface area contributed by atoms with Gasteiger partial charge in [-0.05, 0) is 58.4 Å². The summed E-state index contributed by atoms with van der Waals surface area (Å²) in [4.78, 5) is 9.28. The normalized spacial score (nSPS) is 11.9. The molecule has 0 aromatic heterocycles. The molecule has 0 aliphatic rings. The number of rotatable bonds is 6. The van der Waals surface area contributed by atoms with Gasteiger partial charge in [0.1, 0.15) is 0 Å². The maximum atomic E-state index is 4.64. The number of aliphatic imine (C=N–C) groups is 2. The maximum Gasteiger partial charge on any atom is 0.0631 e. The monoisotopic (exact) mass is 368 g/mol. The van der Waals surface area contributed by atoms with Crippen LogP contribution in [-0.2, 0) is 0 Å². The Hall–Kier alpha value is -3.00. The molecule has 0 aliphatic carbocycles. The molecule has 0 bridgehead atoms. The predicted molar refractivity (Wildman–Crippen MR) is 122 cm³/mol. The van der Waals surface area contributed by atoms with Crippen LogP contribution in [-0.4, -0.2) is 12.4 Å². The highest BCUT2D eigenvalue weighted by Gasteiger charge is 2.04. The van der Waals surface area contributed by atoms with E-state index in [9.17, 15) is 0 Å². The Kier molecular flexibility index (Phi) is 6.54. The predicted octanol–water partition coefficient (Wildman–Crippen LogP) is 7.43.